The number of hydrogen-bond acceptors (Lipinski definition) is 2. The van der Waals surface area contributed by atoms with Crippen LogP contribution in [0.15, 0.2) is 24.3 Å². The summed E-state index contributed by atoms with van der Waals surface area (Å²) in [6.07, 6.45) is 1.24. The van der Waals surface area contributed by atoms with Gasteiger partial charge < -0.3 is 5.32 Å². The van der Waals surface area contributed by atoms with E-state index in [1.807, 2.05) is 37.7 Å². The molecule has 2 aromatic rings. The second-order valence-electron chi connectivity index (χ2n) is 5.54. The lowest BCUT2D eigenvalue weighted by atomic mass is 10.1. The van der Waals surface area contributed by atoms with Crippen LogP contribution in [0.3, 0.4) is 0 Å². The van der Waals surface area contributed by atoms with Crippen LogP contribution >= 0.6 is 0 Å². The first-order valence-corrected chi connectivity index (χ1v) is 7.28. The van der Waals surface area contributed by atoms with Crippen LogP contribution in [0.25, 0.3) is 0 Å². The van der Waals surface area contributed by atoms with Gasteiger partial charge in [-0.3, -0.25) is 9.48 Å². The average molecular weight is 285 g/mol. The molecule has 0 aliphatic rings. The van der Waals surface area contributed by atoms with Crippen molar-refractivity contribution < 1.29 is 4.79 Å². The van der Waals surface area contributed by atoms with Crippen molar-refractivity contribution in [1.29, 1.82) is 0 Å². The molecular weight excluding hydrogens is 262 g/mol. The highest BCUT2D eigenvalue weighted by Gasteiger charge is 2.11. The first-order valence-electron chi connectivity index (χ1n) is 7.28. The van der Waals surface area contributed by atoms with Gasteiger partial charge in [-0.2, -0.15) is 5.10 Å². The third-order valence-corrected chi connectivity index (χ3v) is 3.83. The number of aromatic nitrogens is 2. The largest absolute Gasteiger partial charge is 0.352 e. The van der Waals surface area contributed by atoms with E-state index in [9.17, 15) is 4.79 Å². The summed E-state index contributed by atoms with van der Waals surface area (Å²) in [5, 5.41) is 7.35. The minimum absolute atomic E-state index is 0.0826. The maximum Gasteiger partial charge on any atom is 0.220 e. The number of hydrogen-bond donors (Lipinski definition) is 1. The Balaban J connectivity index is 1.85. The Hall–Kier alpha value is -2.10. The number of carbonyl (C=O) groups is 1. The van der Waals surface area contributed by atoms with Crippen LogP contribution in [0.1, 0.15) is 34.5 Å². The summed E-state index contributed by atoms with van der Waals surface area (Å²) in [6, 6.07) is 8.19. The lowest BCUT2D eigenvalue weighted by Crippen LogP contribution is -2.23. The van der Waals surface area contributed by atoms with Gasteiger partial charge in [0.2, 0.25) is 5.91 Å². The predicted octanol–water partition coefficient (Wildman–Crippen LogP) is 2.59. The van der Waals surface area contributed by atoms with Gasteiger partial charge in [0.25, 0.3) is 0 Å². The third kappa shape index (κ3) is 3.94. The van der Waals surface area contributed by atoms with E-state index in [1.165, 1.54) is 11.1 Å². The average Bonchev–Trinajstić information content (AvgIpc) is 2.68. The molecule has 21 heavy (non-hydrogen) atoms. The highest BCUT2D eigenvalue weighted by Crippen LogP contribution is 2.14. The first kappa shape index (κ1) is 15.3. The molecule has 112 valence electrons. The van der Waals surface area contributed by atoms with Gasteiger partial charge in [-0.05, 0) is 38.3 Å². The summed E-state index contributed by atoms with van der Waals surface area (Å²) in [5.74, 6) is 0.0826. The molecule has 0 aliphatic carbocycles. The summed E-state index contributed by atoms with van der Waals surface area (Å²) < 4.78 is 1.87. The number of nitrogens with one attached hydrogen (secondary N) is 1. The van der Waals surface area contributed by atoms with Crippen LogP contribution < -0.4 is 5.32 Å². The van der Waals surface area contributed by atoms with Crippen molar-refractivity contribution in [1.82, 2.24) is 15.1 Å². The van der Waals surface area contributed by atoms with E-state index in [4.69, 9.17) is 0 Å². The molecule has 0 spiro atoms. The van der Waals surface area contributed by atoms with Gasteiger partial charge in [-0.15, -0.1) is 0 Å². The minimum atomic E-state index is 0.0826. The summed E-state index contributed by atoms with van der Waals surface area (Å²) in [6.45, 7) is 6.68. The van der Waals surface area contributed by atoms with Crippen molar-refractivity contribution in [2.75, 3.05) is 0 Å². The van der Waals surface area contributed by atoms with E-state index in [0.29, 0.717) is 13.0 Å². The van der Waals surface area contributed by atoms with Crippen LogP contribution in [0.4, 0.5) is 0 Å². The number of benzene rings is 1. The fraction of sp³-hybridized carbons (Fsp3) is 0.412. The standard InChI is InChI=1S/C17H23N3O/c1-12-6-5-7-15(10-12)11-18-17(21)9-8-16-13(2)19-20(4)14(16)3/h5-7,10H,8-9,11H2,1-4H3,(H,18,21). The van der Waals surface area contributed by atoms with Gasteiger partial charge in [0.15, 0.2) is 0 Å². The number of rotatable bonds is 5. The zero-order valence-electron chi connectivity index (χ0n) is 13.2. The second-order valence-corrected chi connectivity index (χ2v) is 5.54. The Morgan fingerprint density at radius 3 is 2.67 bits per heavy atom. The van der Waals surface area contributed by atoms with Crippen molar-refractivity contribution in [3.8, 4) is 0 Å². The molecule has 0 fully saturated rings. The normalized spacial score (nSPS) is 10.7. The van der Waals surface area contributed by atoms with E-state index in [1.54, 1.807) is 0 Å². The molecule has 4 heteroatoms. The molecular formula is C17H23N3O. The molecule has 1 aromatic carbocycles. The summed E-state index contributed by atoms with van der Waals surface area (Å²) >= 11 is 0. The first-order chi connectivity index (χ1) is 9.97. The van der Waals surface area contributed by atoms with Crippen LogP contribution in [0.2, 0.25) is 0 Å². The maximum absolute atomic E-state index is 12.0. The van der Waals surface area contributed by atoms with Crippen molar-refractivity contribution in [2.45, 2.75) is 40.2 Å². The molecule has 1 N–H and O–H groups in total. The molecule has 0 saturated heterocycles. The van der Waals surface area contributed by atoms with Crippen LogP contribution in [0, 0.1) is 20.8 Å². The van der Waals surface area contributed by atoms with Crippen LogP contribution in [-0.2, 0) is 24.8 Å². The Morgan fingerprint density at radius 2 is 2.05 bits per heavy atom. The molecule has 0 radical (unpaired) electrons. The summed E-state index contributed by atoms with van der Waals surface area (Å²) in [4.78, 5) is 12.0. The Morgan fingerprint density at radius 1 is 1.29 bits per heavy atom. The highest BCUT2D eigenvalue weighted by molar-refractivity contribution is 5.76. The molecule has 0 atom stereocenters. The van der Waals surface area contributed by atoms with Crippen molar-refractivity contribution >= 4 is 5.91 Å². The second kappa shape index (κ2) is 6.57. The van der Waals surface area contributed by atoms with E-state index in [-0.39, 0.29) is 5.91 Å². The summed E-state index contributed by atoms with van der Waals surface area (Å²) in [7, 11) is 1.93. The Labute approximate surface area is 126 Å². The van der Waals surface area contributed by atoms with Gasteiger partial charge in [0.1, 0.15) is 0 Å². The molecule has 0 aliphatic heterocycles. The number of aryl methyl sites for hydroxylation is 3. The van der Waals surface area contributed by atoms with Crippen molar-refractivity contribution in [3.63, 3.8) is 0 Å². The summed E-state index contributed by atoms with van der Waals surface area (Å²) in [5.41, 5.74) is 5.68. The third-order valence-electron chi connectivity index (χ3n) is 3.83. The van der Waals surface area contributed by atoms with Gasteiger partial charge in [-0.25, -0.2) is 0 Å². The van der Waals surface area contributed by atoms with Gasteiger partial charge >= 0.3 is 0 Å². The topological polar surface area (TPSA) is 46.9 Å². The Kier molecular flexibility index (Phi) is 4.78. The molecule has 1 aromatic heterocycles. The molecule has 0 unspecified atom stereocenters. The monoisotopic (exact) mass is 285 g/mol. The molecule has 4 nitrogen and oxygen atoms in total. The molecule has 2 rings (SSSR count). The van der Waals surface area contributed by atoms with Gasteiger partial charge in [0.05, 0.1) is 5.69 Å². The van der Waals surface area contributed by atoms with Crippen molar-refractivity contribution in [3.05, 3.63) is 52.3 Å². The van der Waals surface area contributed by atoms with Crippen LogP contribution in [-0.4, -0.2) is 15.7 Å². The fourth-order valence-electron chi connectivity index (χ4n) is 2.53. The van der Waals surface area contributed by atoms with Crippen molar-refractivity contribution in [2.24, 2.45) is 7.05 Å². The zero-order chi connectivity index (χ0) is 15.4. The smallest absolute Gasteiger partial charge is 0.220 e. The molecule has 0 saturated carbocycles. The number of carbonyl (C=O) groups excluding carboxylic acids is 1. The molecule has 1 heterocycles. The maximum atomic E-state index is 12.0. The fourth-order valence-corrected chi connectivity index (χ4v) is 2.53. The highest BCUT2D eigenvalue weighted by atomic mass is 16.1. The Bertz CT molecular complexity index is 643. The predicted molar refractivity (Wildman–Crippen MR) is 84.0 cm³/mol. The van der Waals surface area contributed by atoms with Gasteiger partial charge in [0, 0.05) is 25.7 Å². The van der Waals surface area contributed by atoms with Crippen LogP contribution in [0.5, 0.6) is 0 Å². The van der Waals surface area contributed by atoms with Gasteiger partial charge in [-0.1, -0.05) is 29.8 Å². The zero-order valence-corrected chi connectivity index (χ0v) is 13.2. The number of nitrogens with zero attached hydrogens (tertiary/aromatic N) is 2. The van der Waals surface area contributed by atoms with E-state index < -0.39 is 0 Å². The van der Waals surface area contributed by atoms with E-state index in [2.05, 4.69) is 29.5 Å². The van der Waals surface area contributed by atoms with E-state index >= 15 is 0 Å². The lowest BCUT2D eigenvalue weighted by molar-refractivity contribution is -0.121. The molecule has 0 bridgehead atoms. The molecule has 1 amide bonds. The quantitative estimate of drug-likeness (QED) is 0.918. The van der Waals surface area contributed by atoms with E-state index in [0.717, 1.165) is 23.4 Å². The SMILES string of the molecule is Cc1cccc(CNC(=O)CCc2c(C)nn(C)c2C)c1. The minimum Gasteiger partial charge on any atom is -0.352 e. The lowest BCUT2D eigenvalue weighted by Gasteiger charge is -2.06. The number of amides is 1.